The van der Waals surface area contributed by atoms with Gasteiger partial charge in [-0.2, -0.15) is 4.57 Å². The molecule has 0 aliphatic heterocycles. The average molecular weight is 582 g/mol. The molecule has 0 saturated carbocycles. The normalized spacial score (nSPS) is 11.5. The maximum atomic E-state index is 5.72. The number of benzene rings is 2. The number of nitrogens with zero attached hydrogens (tertiary/aromatic N) is 1. The van der Waals surface area contributed by atoms with Gasteiger partial charge in [0.2, 0.25) is 5.69 Å². The highest BCUT2D eigenvalue weighted by Crippen LogP contribution is 2.34. The molecule has 3 nitrogen and oxygen atoms in total. The van der Waals surface area contributed by atoms with Crippen LogP contribution in [0.15, 0.2) is 42.5 Å². The second-order valence-electron chi connectivity index (χ2n) is 12.7. The zero-order chi connectivity index (χ0) is 29.0. The highest BCUT2D eigenvalue weighted by atomic mass is 35.5. The molecule has 4 heteroatoms. The lowest BCUT2D eigenvalue weighted by Gasteiger charge is -2.19. The van der Waals surface area contributed by atoms with Gasteiger partial charge in [0.15, 0.2) is 22.9 Å². The van der Waals surface area contributed by atoms with Crippen LogP contribution in [0.2, 0.25) is 0 Å². The molecular formula is C37H56ClNO2. The van der Waals surface area contributed by atoms with Crippen molar-refractivity contribution < 1.29 is 26.4 Å². The molecule has 228 valence electrons. The number of aryl methyl sites for hydroxylation is 2. The maximum absolute atomic E-state index is 5.72. The van der Waals surface area contributed by atoms with Crippen LogP contribution in [0.1, 0.15) is 128 Å². The van der Waals surface area contributed by atoms with Gasteiger partial charge in [0.1, 0.15) is 0 Å². The lowest BCUT2D eigenvalue weighted by molar-refractivity contribution is -0.609. The Morgan fingerprint density at radius 2 is 1.15 bits per heavy atom. The van der Waals surface area contributed by atoms with Crippen molar-refractivity contribution in [3.63, 3.8) is 0 Å². The van der Waals surface area contributed by atoms with E-state index in [1.807, 2.05) is 0 Å². The topological polar surface area (TPSA) is 22.3 Å². The maximum Gasteiger partial charge on any atom is 0.211 e. The summed E-state index contributed by atoms with van der Waals surface area (Å²) < 4.78 is 13.8. The van der Waals surface area contributed by atoms with Crippen LogP contribution in [0.4, 0.5) is 0 Å². The zero-order valence-corrected chi connectivity index (χ0v) is 27.8. The van der Waals surface area contributed by atoms with Crippen LogP contribution in [0, 0.1) is 6.92 Å². The molecule has 0 N–H and O–H groups in total. The highest BCUT2D eigenvalue weighted by molar-refractivity contribution is 5.87. The number of fused-ring (bicyclic) bond motifs is 1. The van der Waals surface area contributed by atoms with Gasteiger partial charge in [0.05, 0.1) is 19.6 Å². The smallest absolute Gasteiger partial charge is 0.211 e. The SMILES string of the molecule is CCCCCCCCCCCCCCCc1c2cc(OC)c(OC)cc2cc(C)[n+]1-c1ccc(C(C)(C)C)cc1.[Cl-]. The highest BCUT2D eigenvalue weighted by Gasteiger charge is 2.24. The zero-order valence-electron chi connectivity index (χ0n) is 27.1. The molecule has 2 aromatic carbocycles. The van der Waals surface area contributed by atoms with Gasteiger partial charge in [-0.1, -0.05) is 117 Å². The third kappa shape index (κ3) is 10.2. The van der Waals surface area contributed by atoms with Gasteiger partial charge in [0, 0.05) is 31.5 Å². The first-order valence-electron chi connectivity index (χ1n) is 16.0. The van der Waals surface area contributed by atoms with Gasteiger partial charge in [-0.3, -0.25) is 0 Å². The number of pyridine rings is 1. The number of aromatic nitrogens is 1. The second kappa shape index (κ2) is 17.6. The molecule has 0 unspecified atom stereocenters. The third-order valence-corrected chi connectivity index (χ3v) is 8.36. The summed E-state index contributed by atoms with van der Waals surface area (Å²) in [5, 5.41) is 2.46. The van der Waals surface area contributed by atoms with Crippen molar-refractivity contribution >= 4 is 10.8 Å². The van der Waals surface area contributed by atoms with Gasteiger partial charge >= 0.3 is 0 Å². The van der Waals surface area contributed by atoms with E-state index in [1.54, 1.807) is 14.2 Å². The van der Waals surface area contributed by atoms with E-state index in [4.69, 9.17) is 9.47 Å². The monoisotopic (exact) mass is 581 g/mol. The Morgan fingerprint density at radius 1 is 0.659 bits per heavy atom. The van der Waals surface area contributed by atoms with E-state index in [-0.39, 0.29) is 17.8 Å². The molecule has 0 fully saturated rings. The van der Waals surface area contributed by atoms with Crippen molar-refractivity contribution in [1.82, 2.24) is 0 Å². The van der Waals surface area contributed by atoms with Crippen LogP contribution in [0.25, 0.3) is 16.5 Å². The Balaban J connectivity index is 0.00000588. The summed E-state index contributed by atoms with van der Waals surface area (Å²) in [4.78, 5) is 0. The standard InChI is InChI=1S/C37H56NO2.ClH/c1-8-9-10-11-12-13-14-15-16-17-18-19-20-21-34-33-28-36(40-7)35(39-6)27-30(33)26-29(2)38(34)32-24-22-31(23-25-32)37(3,4)5;/h22-28H,8-21H2,1-7H3;1H/q+1;/p-1. The molecule has 3 aromatic rings. The van der Waals surface area contributed by atoms with E-state index < -0.39 is 0 Å². The van der Waals surface area contributed by atoms with Crippen LogP contribution in [0.3, 0.4) is 0 Å². The summed E-state index contributed by atoms with van der Waals surface area (Å²) in [6.07, 6.45) is 18.9. The molecule has 0 aliphatic rings. The number of methoxy groups -OCH3 is 2. The molecule has 41 heavy (non-hydrogen) atoms. The molecule has 0 amide bonds. The Kier molecular flexibility index (Phi) is 15.0. The number of hydrogen-bond donors (Lipinski definition) is 0. The molecule has 1 aromatic heterocycles. The Morgan fingerprint density at radius 3 is 1.63 bits per heavy atom. The lowest BCUT2D eigenvalue weighted by atomic mass is 9.87. The van der Waals surface area contributed by atoms with Crippen LogP contribution < -0.4 is 26.4 Å². The van der Waals surface area contributed by atoms with E-state index in [0.717, 1.165) is 17.9 Å². The Labute approximate surface area is 257 Å². The van der Waals surface area contributed by atoms with Crippen molar-refractivity contribution in [1.29, 1.82) is 0 Å². The molecule has 0 radical (unpaired) electrons. The van der Waals surface area contributed by atoms with E-state index in [2.05, 4.69) is 81.7 Å². The minimum atomic E-state index is 0. The van der Waals surface area contributed by atoms with E-state index >= 15 is 0 Å². The summed E-state index contributed by atoms with van der Waals surface area (Å²) in [5.41, 5.74) is 5.34. The van der Waals surface area contributed by atoms with E-state index in [9.17, 15) is 0 Å². The summed E-state index contributed by atoms with van der Waals surface area (Å²) in [6, 6.07) is 15.7. The predicted molar refractivity (Wildman–Crippen MR) is 171 cm³/mol. The Hall–Kier alpha value is -2.26. The van der Waals surface area contributed by atoms with E-state index in [1.165, 1.54) is 117 Å². The van der Waals surface area contributed by atoms with Crippen molar-refractivity contribution in [2.24, 2.45) is 0 Å². The minimum Gasteiger partial charge on any atom is -1.00 e. The fourth-order valence-corrected chi connectivity index (χ4v) is 5.91. The Bertz CT molecular complexity index is 1180. The largest absolute Gasteiger partial charge is 1.00 e. The molecule has 1 heterocycles. The fourth-order valence-electron chi connectivity index (χ4n) is 5.91. The molecule has 0 aliphatic carbocycles. The van der Waals surface area contributed by atoms with Crippen LogP contribution >= 0.6 is 0 Å². The summed E-state index contributed by atoms with van der Waals surface area (Å²) >= 11 is 0. The predicted octanol–water partition coefficient (Wildman–Crippen LogP) is 7.38. The lowest BCUT2D eigenvalue weighted by Crippen LogP contribution is -3.00. The molecular weight excluding hydrogens is 526 g/mol. The summed E-state index contributed by atoms with van der Waals surface area (Å²) in [5.74, 6) is 1.58. The molecule has 0 saturated heterocycles. The number of halogens is 1. The first-order chi connectivity index (χ1) is 19.3. The van der Waals surface area contributed by atoms with Crippen LogP contribution in [-0.4, -0.2) is 14.2 Å². The summed E-state index contributed by atoms with van der Waals surface area (Å²) in [7, 11) is 3.44. The van der Waals surface area contributed by atoms with Crippen LogP contribution in [0.5, 0.6) is 11.5 Å². The molecule has 0 spiro atoms. The van der Waals surface area contributed by atoms with E-state index in [0.29, 0.717) is 0 Å². The van der Waals surface area contributed by atoms with Gasteiger partial charge < -0.3 is 21.9 Å². The van der Waals surface area contributed by atoms with Gasteiger partial charge in [-0.25, -0.2) is 0 Å². The minimum absolute atomic E-state index is 0. The third-order valence-electron chi connectivity index (χ3n) is 8.36. The molecule has 3 rings (SSSR count). The van der Waals surface area contributed by atoms with Crippen molar-refractivity contribution in [2.45, 2.75) is 130 Å². The quantitative estimate of drug-likeness (QED) is 0.123. The van der Waals surface area contributed by atoms with Crippen molar-refractivity contribution in [2.75, 3.05) is 14.2 Å². The summed E-state index contributed by atoms with van der Waals surface area (Å²) in [6.45, 7) is 11.3. The van der Waals surface area contributed by atoms with Gasteiger partial charge in [-0.15, -0.1) is 0 Å². The molecule has 0 atom stereocenters. The number of hydrogen-bond acceptors (Lipinski definition) is 2. The number of ether oxygens (including phenoxy) is 2. The second-order valence-corrected chi connectivity index (χ2v) is 12.7. The van der Waals surface area contributed by atoms with Crippen molar-refractivity contribution in [3.8, 4) is 17.2 Å². The average Bonchev–Trinajstić information content (AvgIpc) is 2.94. The fraction of sp³-hybridized carbons (Fsp3) is 0.595. The first-order valence-corrected chi connectivity index (χ1v) is 16.0. The number of unbranched alkanes of at least 4 members (excludes halogenated alkanes) is 12. The van der Waals surface area contributed by atoms with Crippen LogP contribution in [-0.2, 0) is 11.8 Å². The van der Waals surface area contributed by atoms with Crippen molar-refractivity contribution in [3.05, 3.63) is 59.4 Å². The van der Waals surface area contributed by atoms with Gasteiger partial charge in [-0.05, 0) is 34.9 Å². The number of rotatable bonds is 17. The molecule has 0 bridgehead atoms. The first kappa shape index (κ1) is 34.9. The van der Waals surface area contributed by atoms with Gasteiger partial charge in [0.25, 0.3) is 0 Å².